The fraction of sp³-hybridized carbons (Fsp3) is 0.185. The Labute approximate surface area is 233 Å². The van der Waals surface area contributed by atoms with Crippen LogP contribution < -0.4 is 15.8 Å². The van der Waals surface area contributed by atoms with Crippen LogP contribution in [0.3, 0.4) is 0 Å². The molecule has 0 aliphatic rings. The molecule has 0 fully saturated rings. The van der Waals surface area contributed by atoms with E-state index in [4.69, 9.17) is 14.9 Å². The molecule has 5 aromatic rings. The number of amides is 2. The number of nitrogens with two attached hydrogens (primary N) is 1. The molecule has 3 N–H and O–H groups in total. The van der Waals surface area contributed by atoms with Gasteiger partial charge in [0.05, 0.1) is 11.4 Å². The van der Waals surface area contributed by atoms with Crippen molar-refractivity contribution in [3.05, 3.63) is 82.0 Å². The lowest BCUT2D eigenvalue weighted by Crippen LogP contribution is -2.16. The third kappa shape index (κ3) is 5.50. The molecule has 4 heterocycles. The van der Waals surface area contributed by atoms with E-state index < -0.39 is 35.6 Å². The molecule has 5 rings (SSSR count). The molecule has 2 amide bonds. The number of nitrogens with one attached hydrogen (secondary N) is 1. The SMILES string of the molecule is CCn1cc(-c2cc(C(F)F)nc3sc(C(N)=O)c(NC(=O)c4ccc(COc5ccc(F)cc5F)o4)c23)c(C)n1. The van der Waals surface area contributed by atoms with Gasteiger partial charge in [-0.2, -0.15) is 5.10 Å². The quantitative estimate of drug-likeness (QED) is 0.197. The summed E-state index contributed by atoms with van der Waals surface area (Å²) >= 11 is 0.768. The second-order valence-corrected chi connectivity index (χ2v) is 9.81. The van der Waals surface area contributed by atoms with Gasteiger partial charge in [0, 0.05) is 29.8 Å². The molecule has 0 radical (unpaired) electrons. The number of fused-ring (bicyclic) bond motifs is 1. The molecule has 0 aliphatic carbocycles. The Bertz CT molecular complexity index is 1800. The number of carbonyl (C=O) groups excluding carboxylic acids is 2. The number of nitrogens with zero attached hydrogens (tertiary/aromatic N) is 3. The number of anilines is 1. The molecule has 41 heavy (non-hydrogen) atoms. The molecule has 0 atom stereocenters. The van der Waals surface area contributed by atoms with Gasteiger partial charge in [-0.05, 0) is 49.7 Å². The van der Waals surface area contributed by atoms with Crippen molar-refractivity contribution in [1.29, 1.82) is 0 Å². The number of primary amides is 1. The van der Waals surface area contributed by atoms with Crippen LogP contribution in [0.2, 0.25) is 0 Å². The summed E-state index contributed by atoms with van der Waals surface area (Å²) in [6.45, 7) is 3.83. The zero-order valence-electron chi connectivity index (χ0n) is 21.5. The standard InChI is InChI=1S/C27H21F4N5O4S/c1-3-36-10-16(12(2)35-36)15-9-18(24(30)31)33-27-21(15)22(23(41-27)25(32)37)34-26(38)20-7-5-14(40-20)11-39-19-6-4-13(28)8-17(19)29/h4-10,24H,3,11H2,1-2H3,(H2,32,37)(H,34,38). The fourth-order valence-electron chi connectivity index (χ4n) is 4.17. The third-order valence-corrected chi connectivity index (χ3v) is 7.18. The highest BCUT2D eigenvalue weighted by Crippen LogP contribution is 2.43. The van der Waals surface area contributed by atoms with E-state index in [9.17, 15) is 27.2 Å². The van der Waals surface area contributed by atoms with E-state index in [1.807, 2.05) is 6.92 Å². The van der Waals surface area contributed by atoms with Gasteiger partial charge in [-0.3, -0.25) is 14.3 Å². The predicted octanol–water partition coefficient (Wildman–Crippen LogP) is 6.23. The molecule has 0 saturated carbocycles. The number of hydrogen-bond donors (Lipinski definition) is 2. The summed E-state index contributed by atoms with van der Waals surface area (Å²) in [7, 11) is 0. The Morgan fingerprint density at radius 2 is 1.95 bits per heavy atom. The van der Waals surface area contributed by atoms with E-state index in [1.54, 1.807) is 17.8 Å². The van der Waals surface area contributed by atoms with Crippen LogP contribution >= 0.6 is 11.3 Å². The van der Waals surface area contributed by atoms with E-state index in [2.05, 4.69) is 15.4 Å². The first-order chi connectivity index (χ1) is 19.5. The highest BCUT2D eigenvalue weighted by molar-refractivity contribution is 7.21. The number of halogens is 4. The predicted molar refractivity (Wildman–Crippen MR) is 142 cm³/mol. The summed E-state index contributed by atoms with van der Waals surface area (Å²) in [4.78, 5) is 29.5. The van der Waals surface area contributed by atoms with E-state index >= 15 is 0 Å². The number of pyridine rings is 1. The maximum atomic E-state index is 13.9. The first kappa shape index (κ1) is 27.8. The minimum atomic E-state index is -2.90. The summed E-state index contributed by atoms with van der Waals surface area (Å²) in [5.74, 6) is -3.60. The summed E-state index contributed by atoms with van der Waals surface area (Å²) in [5.41, 5.74) is 6.40. The molecule has 212 valence electrons. The zero-order valence-corrected chi connectivity index (χ0v) is 22.3. The molecule has 0 bridgehead atoms. The Hall–Kier alpha value is -4.72. The average Bonchev–Trinajstić information content (AvgIpc) is 3.65. The minimum Gasteiger partial charge on any atom is -0.483 e. The van der Waals surface area contributed by atoms with Crippen molar-refractivity contribution in [3.63, 3.8) is 0 Å². The van der Waals surface area contributed by atoms with E-state index in [0.717, 1.165) is 23.5 Å². The van der Waals surface area contributed by atoms with Crippen LogP contribution in [0.15, 0.2) is 47.0 Å². The van der Waals surface area contributed by atoms with Crippen LogP contribution in [0.5, 0.6) is 5.75 Å². The Morgan fingerprint density at radius 3 is 2.61 bits per heavy atom. The van der Waals surface area contributed by atoms with Crippen molar-refractivity contribution in [2.75, 3.05) is 5.32 Å². The lowest BCUT2D eigenvalue weighted by molar-refractivity contribution is 0.0992. The lowest BCUT2D eigenvalue weighted by atomic mass is 10.0. The molecule has 14 heteroatoms. The van der Waals surface area contributed by atoms with Crippen LogP contribution in [0.25, 0.3) is 21.3 Å². The molecular formula is C27H21F4N5O4S. The van der Waals surface area contributed by atoms with Gasteiger partial charge < -0.3 is 20.2 Å². The van der Waals surface area contributed by atoms with Gasteiger partial charge in [0.25, 0.3) is 18.2 Å². The molecule has 0 aliphatic heterocycles. The van der Waals surface area contributed by atoms with Gasteiger partial charge >= 0.3 is 0 Å². The van der Waals surface area contributed by atoms with Crippen LogP contribution in [0.1, 0.15) is 50.7 Å². The van der Waals surface area contributed by atoms with Crippen molar-refractivity contribution in [3.8, 4) is 16.9 Å². The Balaban J connectivity index is 1.51. The van der Waals surface area contributed by atoms with E-state index in [1.165, 1.54) is 18.2 Å². The Morgan fingerprint density at radius 1 is 1.17 bits per heavy atom. The van der Waals surface area contributed by atoms with Gasteiger partial charge in [-0.15, -0.1) is 11.3 Å². The second kappa shape index (κ2) is 11.0. The van der Waals surface area contributed by atoms with Gasteiger partial charge in [-0.25, -0.2) is 22.5 Å². The second-order valence-electron chi connectivity index (χ2n) is 8.81. The van der Waals surface area contributed by atoms with E-state index in [-0.39, 0.29) is 50.2 Å². The molecule has 0 spiro atoms. The normalized spacial score (nSPS) is 11.4. The van der Waals surface area contributed by atoms with Crippen molar-refractivity contribution in [2.45, 2.75) is 33.4 Å². The lowest BCUT2D eigenvalue weighted by Gasteiger charge is -2.10. The van der Waals surface area contributed by atoms with Crippen LogP contribution in [-0.2, 0) is 13.2 Å². The molecule has 0 unspecified atom stereocenters. The number of rotatable bonds is 9. The number of thiophene rings is 1. The Kier molecular flexibility index (Phi) is 7.49. The number of hydrogen-bond acceptors (Lipinski definition) is 7. The summed E-state index contributed by atoms with van der Waals surface area (Å²) in [5, 5.41) is 7.23. The van der Waals surface area contributed by atoms with Crippen molar-refractivity contribution in [2.24, 2.45) is 5.73 Å². The van der Waals surface area contributed by atoms with Gasteiger partial charge in [0.1, 0.15) is 33.6 Å². The number of aryl methyl sites for hydroxylation is 2. The van der Waals surface area contributed by atoms with E-state index in [0.29, 0.717) is 23.9 Å². The van der Waals surface area contributed by atoms with Crippen LogP contribution in [0.4, 0.5) is 23.2 Å². The summed E-state index contributed by atoms with van der Waals surface area (Å²) in [6.07, 6.45) is -1.22. The molecule has 4 aromatic heterocycles. The minimum absolute atomic E-state index is 0.0166. The number of alkyl halides is 2. The van der Waals surface area contributed by atoms with Gasteiger partial charge in [0.2, 0.25) is 0 Å². The van der Waals surface area contributed by atoms with Crippen molar-refractivity contribution >= 4 is 39.1 Å². The highest BCUT2D eigenvalue weighted by atomic mass is 32.1. The summed E-state index contributed by atoms with van der Waals surface area (Å²) in [6, 6.07) is 6.76. The number of carbonyl (C=O) groups is 2. The molecular weight excluding hydrogens is 566 g/mol. The van der Waals surface area contributed by atoms with Crippen molar-refractivity contribution < 1.29 is 36.3 Å². The number of benzene rings is 1. The van der Waals surface area contributed by atoms with Crippen LogP contribution in [0, 0.1) is 18.6 Å². The fourth-order valence-corrected chi connectivity index (χ4v) is 5.19. The molecule has 9 nitrogen and oxygen atoms in total. The zero-order chi connectivity index (χ0) is 29.4. The molecule has 0 saturated heterocycles. The number of aromatic nitrogens is 3. The number of ether oxygens (including phenoxy) is 1. The smallest absolute Gasteiger partial charge is 0.291 e. The van der Waals surface area contributed by atoms with Gasteiger partial charge in [0.15, 0.2) is 17.3 Å². The monoisotopic (exact) mass is 587 g/mol. The van der Waals surface area contributed by atoms with Gasteiger partial charge in [-0.1, -0.05) is 0 Å². The molecule has 1 aromatic carbocycles. The summed E-state index contributed by atoms with van der Waals surface area (Å²) < 4.78 is 67.0. The highest BCUT2D eigenvalue weighted by Gasteiger charge is 2.27. The topological polar surface area (TPSA) is 125 Å². The first-order valence-electron chi connectivity index (χ1n) is 12.1. The average molecular weight is 588 g/mol. The third-order valence-electron chi connectivity index (χ3n) is 6.08. The maximum Gasteiger partial charge on any atom is 0.291 e. The van der Waals surface area contributed by atoms with Crippen LogP contribution in [-0.4, -0.2) is 26.6 Å². The number of furan rings is 1. The van der Waals surface area contributed by atoms with Crippen molar-refractivity contribution in [1.82, 2.24) is 14.8 Å². The maximum absolute atomic E-state index is 13.9. The first-order valence-corrected chi connectivity index (χ1v) is 12.9. The largest absolute Gasteiger partial charge is 0.483 e.